The van der Waals surface area contributed by atoms with Crippen LogP contribution in [0.3, 0.4) is 0 Å². The molecule has 2 nitrogen and oxygen atoms in total. The summed E-state index contributed by atoms with van der Waals surface area (Å²) < 4.78 is 13.1. The molecule has 1 rings (SSSR count). The minimum Gasteiger partial charge on any atom is -0.211 e. The van der Waals surface area contributed by atoms with E-state index in [0.717, 1.165) is 0 Å². The first-order valence-electron chi connectivity index (χ1n) is 3.18. The molecule has 0 atom stereocenters. The number of halogens is 2. The van der Waals surface area contributed by atoms with Gasteiger partial charge in [0, 0.05) is 0 Å². The number of hydrogen-bond acceptors (Lipinski definition) is 2. The Morgan fingerprint density at radius 3 is 2.83 bits per heavy atom. The van der Waals surface area contributed by atoms with Crippen molar-refractivity contribution in [3.8, 4) is 0 Å². The average Bonchev–Trinajstić information content (AvgIpc) is 2.00. The third kappa shape index (κ3) is 1.78. The van der Waals surface area contributed by atoms with Gasteiger partial charge in [0.05, 0.1) is 10.2 Å². The van der Waals surface area contributed by atoms with Crippen LogP contribution in [0.5, 0.6) is 0 Å². The van der Waals surface area contributed by atoms with Gasteiger partial charge in [0.15, 0.2) is 0 Å². The second-order valence-corrected chi connectivity index (χ2v) is 3.08. The lowest BCUT2D eigenvalue weighted by atomic mass is 10.2. The van der Waals surface area contributed by atoms with E-state index in [4.69, 9.17) is 0 Å². The lowest BCUT2D eigenvalue weighted by Gasteiger charge is -1.99. The molecule has 0 saturated carbocycles. The maximum absolute atomic E-state index is 12.9. The molecule has 0 aliphatic carbocycles. The van der Waals surface area contributed by atoms with Crippen LogP contribution in [0.1, 0.15) is 5.56 Å². The van der Waals surface area contributed by atoms with Gasteiger partial charge in [-0.1, -0.05) is 0 Å². The molecule has 12 heavy (non-hydrogen) atoms. The van der Waals surface area contributed by atoms with Gasteiger partial charge in [0.25, 0.3) is 0 Å². The minimum atomic E-state index is -0.427. The summed E-state index contributed by atoms with van der Waals surface area (Å²) >= 11 is 2.97. The van der Waals surface area contributed by atoms with Gasteiger partial charge in [-0.2, -0.15) is 4.99 Å². The van der Waals surface area contributed by atoms with Gasteiger partial charge < -0.3 is 0 Å². The van der Waals surface area contributed by atoms with E-state index in [1.807, 2.05) is 0 Å². The van der Waals surface area contributed by atoms with Gasteiger partial charge in [0.2, 0.25) is 6.08 Å². The molecule has 0 aromatic heterocycles. The molecule has 62 valence electrons. The quantitative estimate of drug-likeness (QED) is 0.538. The van der Waals surface area contributed by atoms with Crippen molar-refractivity contribution in [2.24, 2.45) is 4.99 Å². The van der Waals surface area contributed by atoms with E-state index in [-0.39, 0.29) is 10.2 Å². The fourth-order valence-electron chi connectivity index (χ4n) is 0.837. The number of nitrogens with zero attached hydrogens (tertiary/aromatic N) is 1. The van der Waals surface area contributed by atoms with Crippen molar-refractivity contribution >= 4 is 27.7 Å². The van der Waals surface area contributed by atoms with Crippen LogP contribution in [-0.2, 0) is 4.79 Å². The predicted molar refractivity (Wildman–Crippen MR) is 46.6 cm³/mol. The first-order chi connectivity index (χ1) is 5.65. The van der Waals surface area contributed by atoms with E-state index in [9.17, 15) is 9.18 Å². The molecule has 0 aliphatic heterocycles. The zero-order chi connectivity index (χ0) is 9.14. The molecule has 0 N–H and O–H groups in total. The highest BCUT2D eigenvalue weighted by molar-refractivity contribution is 9.10. The summed E-state index contributed by atoms with van der Waals surface area (Å²) in [6.45, 7) is 1.72. The predicted octanol–water partition coefficient (Wildman–Crippen LogP) is 2.86. The van der Waals surface area contributed by atoms with Gasteiger partial charge >= 0.3 is 0 Å². The van der Waals surface area contributed by atoms with Crippen LogP contribution in [0.15, 0.2) is 21.6 Å². The Labute approximate surface area is 77.3 Å². The van der Waals surface area contributed by atoms with Crippen LogP contribution in [0, 0.1) is 12.7 Å². The molecular weight excluding hydrogens is 225 g/mol. The highest BCUT2D eigenvalue weighted by Gasteiger charge is 2.05. The van der Waals surface area contributed by atoms with Crippen molar-refractivity contribution in [1.82, 2.24) is 0 Å². The summed E-state index contributed by atoms with van der Waals surface area (Å²) in [6.07, 6.45) is 1.36. The van der Waals surface area contributed by atoms with Crippen molar-refractivity contribution in [3.63, 3.8) is 0 Å². The summed E-state index contributed by atoms with van der Waals surface area (Å²) in [6, 6.07) is 2.95. The third-order valence-corrected chi connectivity index (χ3v) is 2.10. The third-order valence-electron chi connectivity index (χ3n) is 1.32. The molecule has 0 saturated heterocycles. The number of aliphatic imine (C=N–C) groups is 1. The lowest BCUT2D eigenvalue weighted by molar-refractivity contribution is 0.565. The Balaban J connectivity index is 3.36. The number of carbonyl (C=O) groups excluding carboxylic acids is 1. The maximum atomic E-state index is 12.9. The van der Waals surface area contributed by atoms with E-state index in [1.165, 1.54) is 12.1 Å². The molecule has 0 heterocycles. The molecule has 0 aliphatic rings. The Kier molecular flexibility index (Phi) is 2.74. The van der Waals surface area contributed by atoms with Crippen molar-refractivity contribution < 1.29 is 9.18 Å². The van der Waals surface area contributed by atoms with Crippen LogP contribution in [0.25, 0.3) is 0 Å². The topological polar surface area (TPSA) is 29.4 Å². The van der Waals surface area contributed by atoms with Crippen molar-refractivity contribution in [2.45, 2.75) is 6.92 Å². The van der Waals surface area contributed by atoms with Crippen LogP contribution in [0.4, 0.5) is 10.1 Å². The zero-order valence-corrected chi connectivity index (χ0v) is 7.85. The van der Waals surface area contributed by atoms with Crippen LogP contribution in [-0.4, -0.2) is 6.08 Å². The van der Waals surface area contributed by atoms with E-state index in [1.54, 1.807) is 13.0 Å². The molecule has 0 amide bonds. The summed E-state index contributed by atoms with van der Waals surface area (Å²) in [5, 5.41) is 0. The summed E-state index contributed by atoms with van der Waals surface area (Å²) in [7, 11) is 0. The number of isocyanates is 1. The summed E-state index contributed by atoms with van der Waals surface area (Å²) in [5.74, 6) is -0.427. The summed E-state index contributed by atoms with van der Waals surface area (Å²) in [5.41, 5.74) is 0.979. The van der Waals surface area contributed by atoms with Crippen molar-refractivity contribution in [1.29, 1.82) is 0 Å². The lowest BCUT2D eigenvalue weighted by Crippen LogP contribution is -1.80. The Morgan fingerprint density at radius 2 is 2.25 bits per heavy atom. The van der Waals surface area contributed by atoms with E-state index in [0.29, 0.717) is 5.56 Å². The first kappa shape index (κ1) is 9.10. The number of aryl methyl sites for hydroxylation is 1. The SMILES string of the molecule is Cc1cc(F)c(Br)c(N=C=O)c1. The molecule has 1 aromatic rings. The number of hydrogen-bond donors (Lipinski definition) is 0. The standard InChI is InChI=1S/C8H5BrFNO/c1-5-2-6(10)8(9)7(3-5)11-4-12/h2-3H,1H3. The fraction of sp³-hybridized carbons (Fsp3) is 0.125. The van der Waals surface area contributed by atoms with Crippen molar-refractivity contribution in [2.75, 3.05) is 0 Å². The molecule has 0 unspecified atom stereocenters. The van der Waals surface area contributed by atoms with Crippen LogP contribution >= 0.6 is 15.9 Å². The normalized spacial score (nSPS) is 9.25. The number of rotatable bonds is 1. The van der Waals surface area contributed by atoms with E-state index in [2.05, 4.69) is 20.9 Å². The second-order valence-electron chi connectivity index (χ2n) is 2.28. The average molecular weight is 230 g/mol. The highest BCUT2D eigenvalue weighted by atomic mass is 79.9. The largest absolute Gasteiger partial charge is 0.240 e. The van der Waals surface area contributed by atoms with E-state index >= 15 is 0 Å². The summed E-state index contributed by atoms with van der Waals surface area (Å²) in [4.78, 5) is 13.2. The smallest absolute Gasteiger partial charge is 0.211 e. The Hall–Kier alpha value is -0.990. The van der Waals surface area contributed by atoms with Gasteiger partial charge in [-0.05, 0) is 40.5 Å². The molecular formula is C8H5BrFNO. The minimum absolute atomic E-state index is 0.191. The van der Waals surface area contributed by atoms with E-state index < -0.39 is 5.82 Å². The molecule has 1 aromatic carbocycles. The van der Waals surface area contributed by atoms with Gasteiger partial charge in [-0.15, -0.1) is 0 Å². The molecule has 0 fully saturated rings. The number of benzene rings is 1. The highest BCUT2D eigenvalue weighted by Crippen LogP contribution is 2.28. The maximum Gasteiger partial charge on any atom is 0.240 e. The molecule has 0 spiro atoms. The van der Waals surface area contributed by atoms with Gasteiger partial charge in [0.1, 0.15) is 5.82 Å². The zero-order valence-electron chi connectivity index (χ0n) is 6.27. The molecule has 4 heteroatoms. The Morgan fingerprint density at radius 1 is 1.58 bits per heavy atom. The van der Waals surface area contributed by atoms with Gasteiger partial charge in [-0.3, -0.25) is 0 Å². The second kappa shape index (κ2) is 3.61. The Bertz CT molecular complexity index is 358. The van der Waals surface area contributed by atoms with Crippen LogP contribution < -0.4 is 0 Å². The fourth-order valence-corrected chi connectivity index (χ4v) is 1.15. The monoisotopic (exact) mass is 229 g/mol. The molecule has 0 bridgehead atoms. The molecule has 0 radical (unpaired) electrons. The first-order valence-corrected chi connectivity index (χ1v) is 3.98. The van der Waals surface area contributed by atoms with Crippen LogP contribution in [0.2, 0.25) is 0 Å². The van der Waals surface area contributed by atoms with Crippen molar-refractivity contribution in [3.05, 3.63) is 28.0 Å². The van der Waals surface area contributed by atoms with Gasteiger partial charge in [-0.25, -0.2) is 9.18 Å².